The predicted molar refractivity (Wildman–Crippen MR) is 573 cm³/mol. The minimum atomic E-state index is -1.85. The van der Waals surface area contributed by atoms with E-state index in [9.17, 15) is 22.8 Å². The number of fused-ring (bicyclic) bond motifs is 15. The minimum absolute atomic E-state index is 0.0305. The summed E-state index contributed by atoms with van der Waals surface area (Å²) in [4.78, 5) is 3.54. The predicted octanol–water partition coefficient (Wildman–Crippen LogP) is 35.7. The van der Waals surface area contributed by atoms with E-state index in [4.69, 9.17) is 5.26 Å². The summed E-state index contributed by atoms with van der Waals surface area (Å²) < 4.78 is 64.0. The molecule has 0 aliphatic carbocycles. The van der Waals surface area contributed by atoms with Crippen molar-refractivity contribution >= 4 is 109 Å². The Labute approximate surface area is 806 Å². The van der Waals surface area contributed by atoms with E-state index in [1.807, 2.05) is 0 Å². The molecule has 0 amide bonds. The third-order valence-electron chi connectivity index (χ3n) is 28.2. The highest BCUT2D eigenvalue weighted by molar-refractivity contribution is 6.18. The number of H-pyrrole nitrogens is 1. The molecule has 0 atom stereocenters. The van der Waals surface area contributed by atoms with E-state index < -0.39 is 34.4 Å². The standard InChI is InChI=1S/C93H101N5.C20H25N.C13H5F4N/c1-86(2,3)56-30-38-73-64(46-56)65-47-57(87(4,5)6)31-39-74(65)95(73)82-72(54-94)83(96-75-40-32-58(88(7,8)9)48-66(75)67-49-59(89(10,11)12)33-41-76(67)96)85(98-79-44-36-62(92(19,20)21)52-70(79)71-53-63(93(22,23)24)37-45-80(71)98)84(81(82)55-28-26-25-27-29-55)97-77-42-34-60(90(13,14)15)50-68(77)69-51-61(91(16,17)18)35-43-78(69)97;1-19(2,3)13-7-9-17-15(11-13)16-12-14(20(4,5)6)8-10-18(16)21-17;14-10-8(6-18)11(15)13(17)12(16)9(10)7-4-2-1-3-5-7/h25-53H,1-24H3;7-12,21H,1-6H3;1-5H. The molecule has 0 radical (unpaired) electrons. The van der Waals surface area contributed by atoms with Crippen molar-refractivity contribution in [3.05, 3.63) is 333 Å². The summed E-state index contributed by atoms with van der Waals surface area (Å²) in [7, 11) is 0. The van der Waals surface area contributed by atoms with E-state index in [-0.39, 0.29) is 59.7 Å². The number of nitrogens with one attached hydrogen (secondary N) is 1. The van der Waals surface area contributed by atoms with E-state index in [1.165, 1.54) is 129 Å². The van der Waals surface area contributed by atoms with Crippen LogP contribution in [-0.2, 0) is 54.1 Å². The lowest BCUT2D eigenvalue weighted by molar-refractivity contribution is 0.435. The van der Waals surface area contributed by atoms with E-state index >= 15 is 0 Å². The summed E-state index contributed by atoms with van der Waals surface area (Å²) in [5.41, 5.74) is 27.1. The van der Waals surface area contributed by atoms with Crippen LogP contribution in [0, 0.1) is 45.9 Å². The highest BCUT2D eigenvalue weighted by Gasteiger charge is 2.39. The van der Waals surface area contributed by atoms with Crippen LogP contribution < -0.4 is 0 Å². The zero-order valence-corrected chi connectivity index (χ0v) is 85.8. The number of hydrogen-bond donors (Lipinski definition) is 1. The van der Waals surface area contributed by atoms with Gasteiger partial charge in [-0.25, -0.2) is 17.6 Å². The van der Waals surface area contributed by atoms with Crippen LogP contribution in [0.4, 0.5) is 17.6 Å². The maximum Gasteiger partial charge on any atom is 0.196 e. The Balaban J connectivity index is 0.000000272. The largest absolute Gasteiger partial charge is 0.355 e. The molecule has 0 bridgehead atoms. The molecule has 7 nitrogen and oxygen atoms in total. The van der Waals surface area contributed by atoms with E-state index in [1.54, 1.807) is 6.07 Å². The van der Waals surface area contributed by atoms with Crippen LogP contribution in [0.3, 0.4) is 0 Å². The molecular weight excluding hydrogens is 1690 g/mol. The molecule has 5 aromatic heterocycles. The molecule has 19 aromatic rings. The molecule has 5 heterocycles. The second-order valence-corrected chi connectivity index (χ2v) is 48.4. The van der Waals surface area contributed by atoms with Crippen molar-refractivity contribution in [3.8, 4) is 57.1 Å². The fourth-order valence-corrected chi connectivity index (χ4v) is 19.8. The monoisotopic (exact) mass is 1820 g/mol. The molecule has 0 saturated heterocycles. The van der Waals surface area contributed by atoms with Crippen molar-refractivity contribution in [1.29, 1.82) is 10.5 Å². The zero-order valence-electron chi connectivity index (χ0n) is 85.8. The Morgan fingerprint density at radius 3 is 0.657 bits per heavy atom. The molecule has 1 N–H and O–H groups in total. The summed E-state index contributed by atoms with van der Waals surface area (Å²) >= 11 is 0. The van der Waals surface area contributed by atoms with Crippen LogP contribution in [0.25, 0.3) is 154 Å². The number of nitriles is 2. The number of hydrogen-bond acceptors (Lipinski definition) is 2. The molecule has 0 aliphatic rings. The Bertz CT molecular complexity index is 7850. The van der Waals surface area contributed by atoms with Gasteiger partial charge in [0.1, 0.15) is 23.3 Å². The smallest absolute Gasteiger partial charge is 0.196 e. The van der Waals surface area contributed by atoms with Crippen molar-refractivity contribution in [2.24, 2.45) is 0 Å². The van der Waals surface area contributed by atoms with Gasteiger partial charge in [0.2, 0.25) is 0 Å². The van der Waals surface area contributed by atoms with Gasteiger partial charge < -0.3 is 23.3 Å². The quantitative estimate of drug-likeness (QED) is 0.102. The average molecular weight is 1820 g/mol. The molecule has 0 spiro atoms. The van der Waals surface area contributed by atoms with Crippen molar-refractivity contribution in [2.45, 2.75) is 262 Å². The Morgan fingerprint density at radius 2 is 0.416 bits per heavy atom. The van der Waals surface area contributed by atoms with E-state index in [0.717, 1.165) is 99.6 Å². The van der Waals surface area contributed by atoms with Crippen molar-refractivity contribution in [1.82, 2.24) is 23.3 Å². The van der Waals surface area contributed by atoms with Gasteiger partial charge in [-0.1, -0.05) is 329 Å². The molecule has 137 heavy (non-hydrogen) atoms. The summed E-state index contributed by atoms with van der Waals surface area (Å²) in [5, 5.41) is 34.1. The lowest BCUT2D eigenvalue weighted by Crippen LogP contribution is -2.17. The first-order valence-electron chi connectivity index (χ1n) is 48.3. The number of halogens is 4. The third kappa shape index (κ3) is 17.0. The van der Waals surface area contributed by atoms with Gasteiger partial charge in [0, 0.05) is 70.5 Å². The second-order valence-electron chi connectivity index (χ2n) is 48.4. The third-order valence-corrected chi connectivity index (χ3v) is 28.2. The lowest BCUT2D eigenvalue weighted by atomic mass is 9.85. The summed E-state index contributed by atoms with van der Waals surface area (Å²) in [6.07, 6.45) is 0. The molecule has 14 aromatic carbocycles. The van der Waals surface area contributed by atoms with Gasteiger partial charge in [0.05, 0.1) is 72.4 Å². The second kappa shape index (κ2) is 33.3. The highest BCUT2D eigenvalue weighted by atomic mass is 19.2. The van der Waals surface area contributed by atoms with Crippen LogP contribution in [0.1, 0.15) is 274 Å². The van der Waals surface area contributed by atoms with Gasteiger partial charge in [-0.15, -0.1) is 0 Å². The van der Waals surface area contributed by atoms with Gasteiger partial charge in [-0.05, 0) is 242 Å². The maximum atomic E-state index is 13.8. The molecular formula is C126H131F4N7. The molecule has 0 saturated carbocycles. The topological polar surface area (TPSA) is 83.1 Å². The molecule has 0 aliphatic heterocycles. The number of aromatic amines is 1. The molecule has 0 fully saturated rings. The Kier molecular flexibility index (Phi) is 23.2. The summed E-state index contributed by atoms with van der Waals surface area (Å²) in [6, 6.07) is 93.9. The number of aromatic nitrogens is 5. The van der Waals surface area contributed by atoms with Gasteiger partial charge in [-0.3, -0.25) is 0 Å². The first-order chi connectivity index (χ1) is 63.9. The summed E-state index contributed by atoms with van der Waals surface area (Å²) in [5.74, 6) is -6.71. The van der Waals surface area contributed by atoms with Gasteiger partial charge in [0.25, 0.3) is 0 Å². The molecule has 0 unspecified atom stereocenters. The van der Waals surface area contributed by atoms with Crippen molar-refractivity contribution in [2.75, 3.05) is 0 Å². The highest BCUT2D eigenvalue weighted by Crippen LogP contribution is 2.55. The fraction of sp³-hybridized carbons (Fsp3) is 0.317. The Hall–Kier alpha value is -13.2. The summed E-state index contributed by atoms with van der Waals surface area (Å²) in [6.45, 7) is 69.4. The molecule has 11 heteroatoms. The van der Waals surface area contributed by atoms with E-state index in [2.05, 4.69) is 449 Å². The molecule has 19 rings (SSSR count). The average Bonchev–Trinajstić information content (AvgIpc) is 1.53. The normalized spacial score (nSPS) is 13.0. The SMILES string of the molecule is CC(C)(C)c1ccc2[nH]c3ccc(C(C)(C)C)cc3c2c1.CC(C)(C)c1ccc2c(c1)c1cc(C(C)(C)C)ccc1n2-c1c(C#N)c(-n2c3ccc(C(C)(C)C)cc3c3cc(C(C)(C)C)ccc32)c(-n2c3ccc(C(C)(C)C)cc3c3cc(C(C)(C)C)ccc32)c(-n2c3ccc(C(C)(C)C)cc3c3cc(C(C)(C)C)ccc32)c1-c1ccccc1.N#Cc1c(F)c(F)c(F)c(-c2ccccc2)c1F. The van der Waals surface area contributed by atoms with Crippen LogP contribution >= 0.6 is 0 Å². The first-order valence-corrected chi connectivity index (χ1v) is 48.3. The van der Waals surface area contributed by atoms with Gasteiger partial charge >= 0.3 is 0 Å². The Morgan fingerprint density at radius 1 is 0.204 bits per heavy atom. The number of rotatable bonds is 6. The van der Waals surface area contributed by atoms with Crippen LogP contribution in [0.2, 0.25) is 0 Å². The van der Waals surface area contributed by atoms with Crippen molar-refractivity contribution in [3.63, 3.8) is 0 Å². The number of benzene rings is 14. The van der Waals surface area contributed by atoms with Gasteiger partial charge in [-0.2, -0.15) is 10.5 Å². The van der Waals surface area contributed by atoms with Crippen LogP contribution in [0.15, 0.2) is 243 Å². The van der Waals surface area contributed by atoms with E-state index in [0.29, 0.717) is 5.56 Å². The maximum absolute atomic E-state index is 13.8. The molecule has 698 valence electrons. The van der Waals surface area contributed by atoms with Crippen molar-refractivity contribution < 1.29 is 17.6 Å². The number of nitrogens with zero attached hydrogens (tertiary/aromatic N) is 6. The van der Waals surface area contributed by atoms with Gasteiger partial charge in [0.15, 0.2) is 23.3 Å². The van der Waals surface area contributed by atoms with Crippen LogP contribution in [-0.4, -0.2) is 23.3 Å². The first kappa shape index (κ1) is 95.5. The minimum Gasteiger partial charge on any atom is -0.355 e. The van der Waals surface area contributed by atoms with Crippen LogP contribution in [0.5, 0.6) is 0 Å². The zero-order chi connectivity index (χ0) is 99.1. The lowest BCUT2D eigenvalue weighted by Gasteiger charge is -2.30. The fourth-order valence-electron chi connectivity index (χ4n) is 19.8.